The summed E-state index contributed by atoms with van der Waals surface area (Å²) in [4.78, 5) is 3.97. The average Bonchev–Trinajstić information content (AvgIpc) is 2.95. The van der Waals surface area contributed by atoms with E-state index < -0.39 is 19.0 Å². The van der Waals surface area contributed by atoms with Gasteiger partial charge >= 0.3 is 0 Å². The summed E-state index contributed by atoms with van der Waals surface area (Å²) in [5.74, 6) is 1.19. The van der Waals surface area contributed by atoms with Crippen LogP contribution in [0, 0.1) is 0 Å². The highest BCUT2D eigenvalue weighted by Crippen LogP contribution is 2.28. The molecule has 1 heterocycles. The SMILES string of the molecule is COc1cc(OC)cc(-c2noc(CC(O)C(F)F)n2)c1. The molecule has 21 heavy (non-hydrogen) atoms. The molecular weight excluding hydrogens is 286 g/mol. The highest BCUT2D eigenvalue weighted by atomic mass is 19.3. The van der Waals surface area contributed by atoms with E-state index in [2.05, 4.69) is 10.1 Å². The van der Waals surface area contributed by atoms with Crippen LogP contribution in [0.25, 0.3) is 11.4 Å². The lowest BCUT2D eigenvalue weighted by atomic mass is 10.2. The lowest BCUT2D eigenvalue weighted by molar-refractivity contribution is -0.00754. The highest BCUT2D eigenvalue weighted by Gasteiger charge is 2.21. The number of aliphatic hydroxyl groups is 1. The molecule has 114 valence electrons. The van der Waals surface area contributed by atoms with Gasteiger partial charge in [0, 0.05) is 11.6 Å². The molecule has 6 nitrogen and oxygen atoms in total. The van der Waals surface area contributed by atoms with Gasteiger partial charge in [0.15, 0.2) is 0 Å². The van der Waals surface area contributed by atoms with E-state index in [-0.39, 0.29) is 11.7 Å². The number of methoxy groups -OCH3 is 2. The molecule has 1 aromatic heterocycles. The van der Waals surface area contributed by atoms with Crippen LogP contribution in [0.4, 0.5) is 8.78 Å². The first-order valence-electron chi connectivity index (χ1n) is 6.05. The van der Waals surface area contributed by atoms with E-state index in [1.807, 2.05) is 0 Å². The monoisotopic (exact) mass is 300 g/mol. The summed E-state index contributed by atoms with van der Waals surface area (Å²) in [6, 6.07) is 4.98. The average molecular weight is 300 g/mol. The summed E-state index contributed by atoms with van der Waals surface area (Å²) in [6.45, 7) is 0. The minimum Gasteiger partial charge on any atom is -0.497 e. The van der Waals surface area contributed by atoms with Gasteiger partial charge in [0.2, 0.25) is 11.7 Å². The molecule has 1 atom stereocenters. The minimum absolute atomic E-state index is 0.0698. The number of hydrogen-bond donors (Lipinski definition) is 1. The first kappa shape index (κ1) is 15.2. The fraction of sp³-hybridized carbons (Fsp3) is 0.385. The zero-order chi connectivity index (χ0) is 15.4. The Morgan fingerprint density at radius 3 is 2.33 bits per heavy atom. The molecular formula is C13H14F2N2O4. The van der Waals surface area contributed by atoms with E-state index in [1.165, 1.54) is 14.2 Å². The van der Waals surface area contributed by atoms with Gasteiger partial charge in [-0.05, 0) is 12.1 Å². The molecule has 0 aliphatic rings. The molecule has 2 aromatic rings. The van der Waals surface area contributed by atoms with Gasteiger partial charge in [-0.2, -0.15) is 4.98 Å². The molecule has 1 aromatic carbocycles. The fourth-order valence-corrected chi connectivity index (χ4v) is 1.66. The Balaban J connectivity index is 2.24. The Labute approximate surface area is 119 Å². The zero-order valence-corrected chi connectivity index (χ0v) is 11.4. The van der Waals surface area contributed by atoms with Crippen LogP contribution in [0.1, 0.15) is 5.89 Å². The number of nitrogens with zero attached hydrogens (tertiary/aromatic N) is 2. The topological polar surface area (TPSA) is 77.6 Å². The lowest BCUT2D eigenvalue weighted by Gasteiger charge is -2.06. The van der Waals surface area contributed by atoms with Crippen LogP contribution in [0.3, 0.4) is 0 Å². The van der Waals surface area contributed by atoms with Gasteiger partial charge in [-0.25, -0.2) is 8.78 Å². The van der Waals surface area contributed by atoms with Crippen molar-refractivity contribution in [2.45, 2.75) is 19.0 Å². The van der Waals surface area contributed by atoms with Crippen molar-refractivity contribution in [3.8, 4) is 22.9 Å². The zero-order valence-electron chi connectivity index (χ0n) is 11.4. The summed E-state index contributed by atoms with van der Waals surface area (Å²) in [5, 5.41) is 12.8. The van der Waals surface area contributed by atoms with E-state index >= 15 is 0 Å². The maximum atomic E-state index is 12.3. The third-order valence-corrected chi connectivity index (χ3v) is 2.75. The third-order valence-electron chi connectivity index (χ3n) is 2.75. The second-order valence-electron chi connectivity index (χ2n) is 4.22. The molecule has 0 saturated heterocycles. The van der Waals surface area contributed by atoms with Gasteiger partial charge in [0.25, 0.3) is 6.43 Å². The summed E-state index contributed by atoms with van der Waals surface area (Å²) in [5.41, 5.74) is 0.549. The van der Waals surface area contributed by atoms with Crippen LogP contribution in [-0.2, 0) is 6.42 Å². The number of alkyl halides is 2. The van der Waals surface area contributed by atoms with Crippen molar-refractivity contribution >= 4 is 0 Å². The van der Waals surface area contributed by atoms with E-state index in [9.17, 15) is 8.78 Å². The van der Waals surface area contributed by atoms with Crippen molar-refractivity contribution in [2.75, 3.05) is 14.2 Å². The number of ether oxygens (including phenoxy) is 2. The quantitative estimate of drug-likeness (QED) is 0.878. The Bertz CT molecular complexity index is 581. The highest BCUT2D eigenvalue weighted by molar-refractivity contribution is 5.60. The smallest absolute Gasteiger partial charge is 0.264 e. The van der Waals surface area contributed by atoms with Gasteiger partial charge < -0.3 is 19.1 Å². The molecule has 0 aliphatic carbocycles. The van der Waals surface area contributed by atoms with Gasteiger partial charge in [-0.1, -0.05) is 5.16 Å². The Morgan fingerprint density at radius 2 is 1.81 bits per heavy atom. The van der Waals surface area contributed by atoms with Gasteiger partial charge in [0.1, 0.15) is 17.6 Å². The molecule has 0 aliphatic heterocycles. The van der Waals surface area contributed by atoms with Crippen molar-refractivity contribution in [1.82, 2.24) is 10.1 Å². The van der Waals surface area contributed by atoms with Gasteiger partial charge in [-0.15, -0.1) is 0 Å². The predicted octanol–water partition coefficient (Wildman–Crippen LogP) is 1.92. The first-order valence-corrected chi connectivity index (χ1v) is 6.05. The number of aromatic nitrogens is 2. The standard InChI is InChI=1S/C13H14F2N2O4/c1-19-8-3-7(4-9(5-8)20-2)13-16-11(21-17-13)6-10(18)12(14)15/h3-5,10,12,18H,6H2,1-2H3. The van der Waals surface area contributed by atoms with Crippen molar-refractivity contribution in [3.05, 3.63) is 24.1 Å². The molecule has 0 radical (unpaired) electrons. The van der Waals surface area contributed by atoms with Crippen molar-refractivity contribution < 1.29 is 27.9 Å². The number of hydrogen-bond acceptors (Lipinski definition) is 6. The summed E-state index contributed by atoms with van der Waals surface area (Å²) >= 11 is 0. The van der Waals surface area contributed by atoms with Crippen molar-refractivity contribution in [2.24, 2.45) is 0 Å². The number of rotatable bonds is 6. The van der Waals surface area contributed by atoms with Crippen LogP contribution in [0.15, 0.2) is 22.7 Å². The number of aliphatic hydroxyl groups excluding tert-OH is 1. The maximum Gasteiger partial charge on any atom is 0.264 e. The predicted molar refractivity (Wildman–Crippen MR) is 68.6 cm³/mol. The Kier molecular flexibility index (Phi) is 4.69. The largest absolute Gasteiger partial charge is 0.497 e. The second-order valence-corrected chi connectivity index (χ2v) is 4.22. The molecule has 1 unspecified atom stereocenters. The van der Waals surface area contributed by atoms with Crippen LogP contribution in [0.2, 0.25) is 0 Å². The molecule has 2 rings (SSSR count). The molecule has 0 saturated carbocycles. The third kappa shape index (κ3) is 3.66. The first-order chi connectivity index (χ1) is 10.0. The minimum atomic E-state index is -2.86. The second kappa shape index (κ2) is 6.49. The molecule has 1 N–H and O–H groups in total. The van der Waals surface area contributed by atoms with Crippen molar-refractivity contribution in [1.29, 1.82) is 0 Å². The molecule has 0 amide bonds. The van der Waals surface area contributed by atoms with E-state index in [0.717, 1.165) is 0 Å². The normalized spacial score (nSPS) is 12.5. The number of benzene rings is 1. The van der Waals surface area contributed by atoms with Crippen LogP contribution in [0.5, 0.6) is 11.5 Å². The summed E-state index contributed by atoms with van der Waals surface area (Å²) in [7, 11) is 3.00. The van der Waals surface area contributed by atoms with E-state index in [1.54, 1.807) is 18.2 Å². The summed E-state index contributed by atoms with van der Waals surface area (Å²) < 4.78 is 39.6. The Morgan fingerprint density at radius 1 is 1.19 bits per heavy atom. The summed E-state index contributed by atoms with van der Waals surface area (Å²) in [6.07, 6.45) is -5.11. The van der Waals surface area contributed by atoms with Gasteiger partial charge in [0.05, 0.1) is 20.6 Å². The van der Waals surface area contributed by atoms with Crippen LogP contribution in [-0.4, -0.2) is 42.0 Å². The van der Waals surface area contributed by atoms with Crippen molar-refractivity contribution in [3.63, 3.8) is 0 Å². The maximum absolute atomic E-state index is 12.3. The lowest BCUT2D eigenvalue weighted by Crippen LogP contribution is -2.20. The van der Waals surface area contributed by atoms with Crippen LogP contribution < -0.4 is 9.47 Å². The Hall–Kier alpha value is -2.22. The number of halogens is 2. The molecule has 0 fully saturated rings. The molecule has 0 spiro atoms. The van der Waals surface area contributed by atoms with E-state index in [4.69, 9.17) is 19.1 Å². The fourth-order valence-electron chi connectivity index (χ4n) is 1.66. The van der Waals surface area contributed by atoms with Crippen LogP contribution >= 0.6 is 0 Å². The molecule has 0 bridgehead atoms. The van der Waals surface area contributed by atoms with Gasteiger partial charge in [-0.3, -0.25) is 0 Å². The molecule has 8 heteroatoms. The van der Waals surface area contributed by atoms with E-state index in [0.29, 0.717) is 17.1 Å².